The summed E-state index contributed by atoms with van der Waals surface area (Å²) in [6.45, 7) is 2.51. The second kappa shape index (κ2) is 6.49. The van der Waals surface area contributed by atoms with Crippen LogP contribution in [0.15, 0.2) is 61.2 Å². The summed E-state index contributed by atoms with van der Waals surface area (Å²) in [6.07, 6.45) is 7.22. The molecule has 124 valence electrons. The summed E-state index contributed by atoms with van der Waals surface area (Å²) < 4.78 is 1.90. The lowest BCUT2D eigenvalue weighted by atomic mass is 10.1. The van der Waals surface area contributed by atoms with Gasteiger partial charge in [-0.2, -0.15) is 0 Å². The molecule has 0 fully saturated rings. The Hall–Kier alpha value is -2.99. The number of hydrogen-bond donors (Lipinski definition) is 1. The van der Waals surface area contributed by atoms with Gasteiger partial charge in [0, 0.05) is 31.3 Å². The van der Waals surface area contributed by atoms with Gasteiger partial charge in [0.1, 0.15) is 5.69 Å². The number of nitrogens with zero attached hydrogens (tertiary/aromatic N) is 3. The first-order valence-corrected chi connectivity index (χ1v) is 8.73. The molecule has 5 nitrogen and oxygen atoms in total. The minimum Gasteiger partial charge on any atom is -0.347 e. The Kier molecular flexibility index (Phi) is 4.03. The minimum absolute atomic E-state index is 0.184. The van der Waals surface area contributed by atoms with Gasteiger partial charge in [0.25, 0.3) is 5.91 Å². The molecule has 25 heavy (non-hydrogen) atoms. The zero-order chi connectivity index (χ0) is 17.2. The summed E-state index contributed by atoms with van der Waals surface area (Å²) in [5, 5.41) is 2.87. The monoisotopic (exact) mass is 348 g/mol. The van der Waals surface area contributed by atoms with Crippen molar-refractivity contribution in [1.29, 1.82) is 0 Å². The first-order chi connectivity index (χ1) is 12.2. The van der Waals surface area contributed by atoms with Gasteiger partial charge in [-0.3, -0.25) is 14.2 Å². The number of aryl methyl sites for hydroxylation is 1. The minimum atomic E-state index is -0.184. The van der Waals surface area contributed by atoms with E-state index < -0.39 is 0 Å². The van der Waals surface area contributed by atoms with Crippen LogP contribution in [-0.2, 0) is 6.54 Å². The number of rotatable bonds is 4. The normalized spacial score (nSPS) is 10.9. The fourth-order valence-corrected chi connectivity index (χ4v) is 3.50. The molecule has 4 aromatic rings. The molecule has 0 spiro atoms. The highest BCUT2D eigenvalue weighted by atomic mass is 32.1. The maximum Gasteiger partial charge on any atom is 0.271 e. The topological polar surface area (TPSA) is 59.3 Å². The fraction of sp³-hybridized carbons (Fsp3) is 0.105. The molecule has 0 aliphatic carbocycles. The highest BCUT2D eigenvalue weighted by molar-refractivity contribution is 7.20. The standard InChI is InChI=1S/C19H16N4OS/c1-13-4-6-15(7-5-13)17-12-23-11-16(22-19(23)25-17)18(24)21-10-14-3-2-8-20-9-14/h2-9,11-12H,10H2,1H3,(H,21,24). The number of imidazole rings is 1. The van der Waals surface area contributed by atoms with Crippen LogP contribution in [0.4, 0.5) is 0 Å². The average molecular weight is 348 g/mol. The molecule has 0 saturated carbocycles. The number of thiazole rings is 1. The lowest BCUT2D eigenvalue weighted by Crippen LogP contribution is -2.23. The van der Waals surface area contributed by atoms with E-state index in [-0.39, 0.29) is 5.91 Å². The Morgan fingerprint density at radius 2 is 2.04 bits per heavy atom. The van der Waals surface area contributed by atoms with Gasteiger partial charge in [-0.15, -0.1) is 0 Å². The number of benzene rings is 1. The van der Waals surface area contributed by atoms with E-state index in [2.05, 4.69) is 46.5 Å². The Bertz CT molecular complexity index is 987. The van der Waals surface area contributed by atoms with Gasteiger partial charge >= 0.3 is 0 Å². The van der Waals surface area contributed by atoms with E-state index >= 15 is 0 Å². The van der Waals surface area contributed by atoms with Crippen LogP contribution in [-0.4, -0.2) is 20.3 Å². The number of pyridine rings is 1. The fourth-order valence-electron chi connectivity index (χ4n) is 2.53. The molecule has 1 amide bonds. The molecule has 0 atom stereocenters. The zero-order valence-electron chi connectivity index (χ0n) is 13.6. The lowest BCUT2D eigenvalue weighted by molar-refractivity contribution is 0.0946. The van der Waals surface area contributed by atoms with Crippen molar-refractivity contribution in [2.45, 2.75) is 13.5 Å². The molecular weight excluding hydrogens is 332 g/mol. The van der Waals surface area contributed by atoms with E-state index in [0.29, 0.717) is 12.2 Å². The van der Waals surface area contributed by atoms with Crippen molar-refractivity contribution in [3.63, 3.8) is 0 Å². The third kappa shape index (κ3) is 3.29. The van der Waals surface area contributed by atoms with Crippen LogP contribution in [0.2, 0.25) is 0 Å². The van der Waals surface area contributed by atoms with E-state index in [0.717, 1.165) is 21.0 Å². The van der Waals surface area contributed by atoms with Crippen LogP contribution >= 0.6 is 11.3 Å². The first-order valence-electron chi connectivity index (χ1n) is 7.92. The molecule has 0 aliphatic rings. The van der Waals surface area contributed by atoms with Crippen molar-refractivity contribution in [1.82, 2.24) is 19.7 Å². The van der Waals surface area contributed by atoms with Crippen molar-refractivity contribution in [3.05, 3.63) is 78.0 Å². The van der Waals surface area contributed by atoms with Crippen LogP contribution in [0.5, 0.6) is 0 Å². The van der Waals surface area contributed by atoms with Gasteiger partial charge in [0.15, 0.2) is 4.96 Å². The largest absolute Gasteiger partial charge is 0.347 e. The average Bonchev–Trinajstić information content (AvgIpc) is 3.20. The van der Waals surface area contributed by atoms with Gasteiger partial charge in [0.2, 0.25) is 0 Å². The quantitative estimate of drug-likeness (QED) is 0.612. The number of carbonyl (C=O) groups is 1. The van der Waals surface area contributed by atoms with Crippen LogP contribution in [0.1, 0.15) is 21.6 Å². The number of fused-ring (bicyclic) bond motifs is 1. The maximum absolute atomic E-state index is 12.3. The van der Waals surface area contributed by atoms with E-state index in [1.54, 1.807) is 29.9 Å². The summed E-state index contributed by atoms with van der Waals surface area (Å²) in [5.74, 6) is -0.184. The van der Waals surface area contributed by atoms with Crippen LogP contribution in [0.3, 0.4) is 0 Å². The van der Waals surface area contributed by atoms with E-state index in [1.165, 1.54) is 5.56 Å². The highest BCUT2D eigenvalue weighted by Crippen LogP contribution is 2.28. The van der Waals surface area contributed by atoms with Crippen molar-refractivity contribution in [3.8, 4) is 10.4 Å². The molecule has 0 radical (unpaired) electrons. The molecule has 6 heteroatoms. The van der Waals surface area contributed by atoms with Crippen molar-refractivity contribution in [2.24, 2.45) is 0 Å². The Labute approximate surface area is 149 Å². The van der Waals surface area contributed by atoms with Gasteiger partial charge in [0.05, 0.1) is 4.88 Å². The SMILES string of the molecule is Cc1ccc(-c2cn3cc(C(=O)NCc4cccnc4)nc3s2)cc1. The van der Waals surface area contributed by atoms with Gasteiger partial charge in [-0.1, -0.05) is 47.2 Å². The lowest BCUT2D eigenvalue weighted by Gasteiger charge is -2.02. The highest BCUT2D eigenvalue weighted by Gasteiger charge is 2.13. The second-order valence-electron chi connectivity index (χ2n) is 5.82. The summed E-state index contributed by atoms with van der Waals surface area (Å²) in [6, 6.07) is 12.2. The van der Waals surface area contributed by atoms with Gasteiger partial charge < -0.3 is 5.32 Å². The van der Waals surface area contributed by atoms with Crippen molar-refractivity contribution in [2.75, 3.05) is 0 Å². The molecule has 1 aromatic carbocycles. The second-order valence-corrected chi connectivity index (χ2v) is 6.83. The molecule has 0 aliphatic heterocycles. The Morgan fingerprint density at radius 1 is 1.20 bits per heavy atom. The van der Waals surface area contributed by atoms with Crippen LogP contribution < -0.4 is 5.32 Å². The predicted molar refractivity (Wildman–Crippen MR) is 98.6 cm³/mol. The Morgan fingerprint density at radius 3 is 2.76 bits per heavy atom. The molecular formula is C19H16N4OS. The third-order valence-electron chi connectivity index (χ3n) is 3.90. The number of aromatic nitrogens is 3. The summed E-state index contributed by atoms with van der Waals surface area (Å²) in [7, 11) is 0. The predicted octanol–water partition coefficient (Wildman–Crippen LogP) is 3.70. The summed E-state index contributed by atoms with van der Waals surface area (Å²) in [5.41, 5.74) is 3.77. The van der Waals surface area contributed by atoms with E-state index in [1.807, 2.05) is 22.7 Å². The van der Waals surface area contributed by atoms with Crippen molar-refractivity contribution >= 4 is 22.2 Å². The van der Waals surface area contributed by atoms with Crippen LogP contribution in [0, 0.1) is 6.92 Å². The van der Waals surface area contributed by atoms with Gasteiger partial charge in [-0.25, -0.2) is 4.98 Å². The molecule has 0 saturated heterocycles. The zero-order valence-corrected chi connectivity index (χ0v) is 14.5. The third-order valence-corrected chi connectivity index (χ3v) is 4.95. The molecule has 0 bridgehead atoms. The number of nitrogens with one attached hydrogen (secondary N) is 1. The summed E-state index contributed by atoms with van der Waals surface area (Å²) >= 11 is 1.57. The maximum atomic E-state index is 12.3. The molecule has 1 N–H and O–H groups in total. The number of carbonyl (C=O) groups excluding carboxylic acids is 1. The molecule has 4 rings (SSSR count). The summed E-state index contributed by atoms with van der Waals surface area (Å²) in [4.78, 5) is 22.7. The van der Waals surface area contributed by atoms with Crippen molar-refractivity contribution < 1.29 is 4.79 Å². The Balaban J connectivity index is 1.51. The van der Waals surface area contributed by atoms with Crippen LogP contribution in [0.25, 0.3) is 15.4 Å². The molecule has 3 heterocycles. The van der Waals surface area contributed by atoms with E-state index in [9.17, 15) is 4.79 Å². The first kappa shape index (κ1) is 15.5. The number of amides is 1. The molecule has 3 aromatic heterocycles. The van der Waals surface area contributed by atoms with E-state index in [4.69, 9.17) is 0 Å². The van der Waals surface area contributed by atoms with Gasteiger partial charge in [-0.05, 0) is 24.1 Å². The molecule has 0 unspecified atom stereocenters. The smallest absolute Gasteiger partial charge is 0.271 e. The number of hydrogen-bond acceptors (Lipinski definition) is 4.